The minimum Gasteiger partial charge on any atom is -0.379 e. The van der Waals surface area contributed by atoms with E-state index in [1.807, 2.05) is 7.05 Å². The average molecular weight is 158 g/mol. The smallest absolute Gasteiger partial charge is 0.0670 e. The third-order valence-corrected chi connectivity index (χ3v) is 1.37. The topological polar surface area (TPSA) is 53.3 Å². The Bertz CT molecular complexity index is 94.4. The van der Waals surface area contributed by atoms with Gasteiger partial charge in [0.05, 0.1) is 6.67 Å². The fraction of sp³-hybridized carbons (Fsp3) is 0.714. The second-order valence-electron chi connectivity index (χ2n) is 2.45. The summed E-state index contributed by atoms with van der Waals surface area (Å²) in [6.45, 7) is 6.29. The van der Waals surface area contributed by atoms with E-state index in [2.05, 4.69) is 22.2 Å². The molecule has 0 amide bonds. The Morgan fingerprint density at radius 2 is 2.36 bits per heavy atom. The number of hydrazine groups is 1. The normalized spacial score (nSPS) is 10.1. The molecule has 0 bridgehead atoms. The van der Waals surface area contributed by atoms with E-state index >= 15 is 0 Å². The van der Waals surface area contributed by atoms with Gasteiger partial charge in [-0.05, 0) is 19.7 Å². The predicted molar refractivity (Wildman–Crippen MR) is 47.6 cm³/mol. The fourth-order valence-corrected chi connectivity index (χ4v) is 0.750. The maximum atomic E-state index is 5.11. The van der Waals surface area contributed by atoms with E-state index < -0.39 is 0 Å². The monoisotopic (exact) mass is 158 g/mol. The lowest BCUT2D eigenvalue weighted by molar-refractivity contribution is 0.317. The van der Waals surface area contributed by atoms with Crippen LogP contribution >= 0.6 is 0 Å². The van der Waals surface area contributed by atoms with Crippen molar-refractivity contribution in [3.8, 4) is 0 Å². The summed E-state index contributed by atoms with van der Waals surface area (Å²) in [4.78, 5) is 2.17. The van der Waals surface area contributed by atoms with Crippen molar-refractivity contribution in [2.45, 2.75) is 6.42 Å². The molecule has 0 spiro atoms. The minimum absolute atomic E-state index is 0.841. The quantitative estimate of drug-likeness (QED) is 0.202. The van der Waals surface area contributed by atoms with Gasteiger partial charge in [0.2, 0.25) is 0 Å². The predicted octanol–water partition coefficient (Wildman–Crippen LogP) is -0.538. The SMILES string of the molecule is C=CNCN(C)CCCNN. The zero-order chi connectivity index (χ0) is 8.53. The molecule has 4 heteroatoms. The van der Waals surface area contributed by atoms with Crippen LogP contribution in [-0.2, 0) is 0 Å². The van der Waals surface area contributed by atoms with Crippen LogP contribution in [0, 0.1) is 0 Å². The summed E-state index contributed by atoms with van der Waals surface area (Å²) in [5.74, 6) is 5.11. The van der Waals surface area contributed by atoms with Gasteiger partial charge >= 0.3 is 0 Å². The first kappa shape index (κ1) is 10.4. The van der Waals surface area contributed by atoms with E-state index in [0.717, 1.165) is 26.2 Å². The number of hydrogen-bond acceptors (Lipinski definition) is 4. The number of nitrogens with one attached hydrogen (secondary N) is 2. The second-order valence-corrected chi connectivity index (χ2v) is 2.45. The molecule has 0 aliphatic heterocycles. The second kappa shape index (κ2) is 7.53. The molecule has 0 aromatic carbocycles. The standard InChI is InChI=1S/C7H18N4/c1-3-9-7-11(2)6-4-5-10-8/h3,9-10H,1,4-8H2,2H3. The van der Waals surface area contributed by atoms with Crippen molar-refractivity contribution in [2.75, 3.05) is 26.8 Å². The highest BCUT2D eigenvalue weighted by Crippen LogP contribution is 1.82. The van der Waals surface area contributed by atoms with Crippen LogP contribution in [0.4, 0.5) is 0 Å². The maximum absolute atomic E-state index is 5.11. The van der Waals surface area contributed by atoms with Crippen LogP contribution in [0.1, 0.15) is 6.42 Å². The largest absolute Gasteiger partial charge is 0.379 e. The van der Waals surface area contributed by atoms with Crippen molar-refractivity contribution in [3.05, 3.63) is 12.8 Å². The zero-order valence-corrected chi connectivity index (χ0v) is 7.14. The molecule has 0 rings (SSSR count). The van der Waals surface area contributed by atoms with Crippen LogP contribution in [0.2, 0.25) is 0 Å². The molecule has 4 nitrogen and oxygen atoms in total. The summed E-state index contributed by atoms with van der Waals surface area (Å²) in [5.41, 5.74) is 2.61. The molecule has 0 fully saturated rings. The van der Waals surface area contributed by atoms with Gasteiger partial charge in [0.15, 0.2) is 0 Å². The molecule has 11 heavy (non-hydrogen) atoms. The number of nitrogens with two attached hydrogens (primary N) is 1. The molecule has 0 aliphatic rings. The van der Waals surface area contributed by atoms with Gasteiger partial charge in [-0.2, -0.15) is 0 Å². The third-order valence-electron chi connectivity index (χ3n) is 1.37. The molecular formula is C7H18N4. The highest BCUT2D eigenvalue weighted by Gasteiger charge is 1.93. The minimum atomic E-state index is 0.841. The molecule has 0 aliphatic carbocycles. The van der Waals surface area contributed by atoms with Gasteiger partial charge in [0, 0.05) is 13.1 Å². The highest BCUT2D eigenvalue weighted by atomic mass is 15.2. The first-order valence-corrected chi connectivity index (χ1v) is 3.77. The molecule has 0 heterocycles. The molecular weight excluding hydrogens is 140 g/mol. The van der Waals surface area contributed by atoms with E-state index in [1.54, 1.807) is 6.20 Å². The van der Waals surface area contributed by atoms with E-state index in [1.165, 1.54) is 0 Å². The number of hydrogen-bond donors (Lipinski definition) is 3. The third kappa shape index (κ3) is 7.32. The van der Waals surface area contributed by atoms with Crippen LogP contribution in [0.25, 0.3) is 0 Å². The van der Waals surface area contributed by atoms with Crippen LogP contribution in [0.15, 0.2) is 12.8 Å². The van der Waals surface area contributed by atoms with Crippen LogP contribution in [0.3, 0.4) is 0 Å². The Morgan fingerprint density at radius 3 is 2.91 bits per heavy atom. The molecule has 0 saturated carbocycles. The summed E-state index contributed by atoms with van der Waals surface area (Å²) in [5, 5.41) is 3.01. The van der Waals surface area contributed by atoms with Crippen molar-refractivity contribution in [1.29, 1.82) is 0 Å². The van der Waals surface area contributed by atoms with E-state index in [9.17, 15) is 0 Å². The molecule has 0 radical (unpaired) electrons. The Hall–Kier alpha value is -0.580. The van der Waals surface area contributed by atoms with Crippen LogP contribution in [-0.4, -0.2) is 31.7 Å². The van der Waals surface area contributed by atoms with Crippen molar-refractivity contribution in [3.63, 3.8) is 0 Å². The summed E-state index contributed by atoms with van der Waals surface area (Å²) in [7, 11) is 2.05. The Kier molecular flexibility index (Phi) is 7.13. The lowest BCUT2D eigenvalue weighted by Gasteiger charge is -2.15. The molecule has 0 atom stereocenters. The zero-order valence-electron chi connectivity index (χ0n) is 7.14. The van der Waals surface area contributed by atoms with Crippen molar-refractivity contribution in [1.82, 2.24) is 15.6 Å². The molecule has 4 N–H and O–H groups in total. The molecule has 0 unspecified atom stereocenters. The first-order valence-electron chi connectivity index (χ1n) is 3.77. The van der Waals surface area contributed by atoms with E-state index in [-0.39, 0.29) is 0 Å². The summed E-state index contributed by atoms with van der Waals surface area (Å²) < 4.78 is 0. The van der Waals surface area contributed by atoms with Gasteiger partial charge in [0.25, 0.3) is 0 Å². The lowest BCUT2D eigenvalue weighted by atomic mass is 10.4. The van der Waals surface area contributed by atoms with Crippen molar-refractivity contribution < 1.29 is 0 Å². The summed E-state index contributed by atoms with van der Waals surface area (Å²) >= 11 is 0. The van der Waals surface area contributed by atoms with Crippen molar-refractivity contribution >= 4 is 0 Å². The fourth-order valence-electron chi connectivity index (χ4n) is 0.750. The van der Waals surface area contributed by atoms with E-state index in [0.29, 0.717) is 0 Å². The van der Waals surface area contributed by atoms with Crippen LogP contribution < -0.4 is 16.6 Å². The molecule has 66 valence electrons. The van der Waals surface area contributed by atoms with Gasteiger partial charge < -0.3 is 5.32 Å². The average Bonchev–Trinajstić information content (AvgIpc) is 2.01. The Morgan fingerprint density at radius 1 is 1.64 bits per heavy atom. The first-order chi connectivity index (χ1) is 5.31. The summed E-state index contributed by atoms with van der Waals surface area (Å²) in [6, 6.07) is 0. The van der Waals surface area contributed by atoms with E-state index in [4.69, 9.17) is 5.84 Å². The van der Waals surface area contributed by atoms with Gasteiger partial charge in [-0.1, -0.05) is 6.58 Å². The molecule has 0 saturated heterocycles. The lowest BCUT2D eigenvalue weighted by Crippen LogP contribution is -2.31. The van der Waals surface area contributed by atoms with Gasteiger partial charge in [-0.25, -0.2) is 0 Å². The van der Waals surface area contributed by atoms with Gasteiger partial charge in [-0.15, -0.1) is 0 Å². The van der Waals surface area contributed by atoms with Crippen LogP contribution in [0.5, 0.6) is 0 Å². The van der Waals surface area contributed by atoms with Gasteiger partial charge in [0.1, 0.15) is 0 Å². The summed E-state index contributed by atoms with van der Waals surface area (Å²) in [6.07, 6.45) is 2.75. The molecule has 0 aromatic rings. The van der Waals surface area contributed by atoms with Crippen molar-refractivity contribution in [2.24, 2.45) is 5.84 Å². The maximum Gasteiger partial charge on any atom is 0.0670 e. The Labute approximate surface area is 68.4 Å². The molecule has 0 aromatic heterocycles. The highest BCUT2D eigenvalue weighted by molar-refractivity contribution is 4.62. The Balaban J connectivity index is 3.08. The van der Waals surface area contributed by atoms with Gasteiger partial charge in [-0.3, -0.25) is 16.2 Å². The number of nitrogens with zero attached hydrogens (tertiary/aromatic N) is 1. The number of rotatable bonds is 7.